The van der Waals surface area contributed by atoms with Gasteiger partial charge in [-0.2, -0.15) is 13.2 Å². The summed E-state index contributed by atoms with van der Waals surface area (Å²) in [6.45, 7) is 1.57. The van der Waals surface area contributed by atoms with E-state index in [0.717, 1.165) is 18.2 Å². The smallest absolute Gasteiger partial charge is 0.326 e. The molecular formula is C14H11F3N2O2. The van der Waals surface area contributed by atoms with E-state index in [1.54, 1.807) is 6.92 Å². The van der Waals surface area contributed by atoms with E-state index in [-0.39, 0.29) is 11.3 Å². The molecule has 7 heteroatoms. The molecule has 0 atom stereocenters. The highest BCUT2D eigenvalue weighted by atomic mass is 19.4. The van der Waals surface area contributed by atoms with Crippen LogP contribution in [0, 0.1) is 6.92 Å². The maximum absolute atomic E-state index is 12.8. The third-order valence-corrected chi connectivity index (χ3v) is 2.72. The second-order valence-electron chi connectivity index (χ2n) is 4.41. The first-order valence-electron chi connectivity index (χ1n) is 5.96. The lowest BCUT2D eigenvalue weighted by Crippen LogP contribution is -2.19. The number of carbonyl (C=O) groups excluding carboxylic acids is 1. The van der Waals surface area contributed by atoms with Gasteiger partial charge in [0, 0.05) is 17.3 Å². The third-order valence-electron chi connectivity index (χ3n) is 2.72. The average molecular weight is 296 g/mol. The fourth-order valence-corrected chi connectivity index (χ4v) is 1.85. The summed E-state index contributed by atoms with van der Waals surface area (Å²) in [5.41, 5.74) is -1.36. The Kier molecular flexibility index (Phi) is 3.84. The number of amides is 1. The van der Waals surface area contributed by atoms with Crippen molar-refractivity contribution in [2.24, 2.45) is 0 Å². The largest absolute Gasteiger partial charge is 0.418 e. The number of H-pyrrole nitrogens is 1. The van der Waals surface area contributed by atoms with Crippen LogP contribution >= 0.6 is 0 Å². The Bertz CT molecular complexity index is 735. The second kappa shape index (κ2) is 5.43. The van der Waals surface area contributed by atoms with Gasteiger partial charge in [0.15, 0.2) is 0 Å². The van der Waals surface area contributed by atoms with Gasteiger partial charge in [-0.1, -0.05) is 12.1 Å². The minimum atomic E-state index is -4.58. The van der Waals surface area contributed by atoms with E-state index in [9.17, 15) is 22.8 Å². The van der Waals surface area contributed by atoms with Crippen molar-refractivity contribution in [2.45, 2.75) is 13.1 Å². The zero-order valence-corrected chi connectivity index (χ0v) is 10.9. The molecule has 110 valence electrons. The van der Waals surface area contributed by atoms with E-state index < -0.39 is 23.2 Å². The number of halogens is 3. The Labute approximate surface area is 117 Å². The van der Waals surface area contributed by atoms with Crippen LogP contribution in [-0.2, 0) is 6.18 Å². The maximum Gasteiger partial charge on any atom is 0.418 e. The van der Waals surface area contributed by atoms with Crippen molar-refractivity contribution in [3.8, 4) is 0 Å². The van der Waals surface area contributed by atoms with E-state index >= 15 is 0 Å². The van der Waals surface area contributed by atoms with Gasteiger partial charge in [-0.15, -0.1) is 0 Å². The van der Waals surface area contributed by atoms with Crippen LogP contribution < -0.4 is 10.9 Å². The third kappa shape index (κ3) is 3.50. The molecule has 0 spiro atoms. The van der Waals surface area contributed by atoms with Crippen molar-refractivity contribution in [3.63, 3.8) is 0 Å². The molecule has 0 aliphatic rings. The van der Waals surface area contributed by atoms with Gasteiger partial charge in [0.2, 0.25) is 5.56 Å². The number of anilines is 1. The number of aromatic nitrogens is 1. The average Bonchev–Trinajstić information content (AvgIpc) is 2.37. The van der Waals surface area contributed by atoms with E-state index in [0.29, 0.717) is 5.69 Å². The summed E-state index contributed by atoms with van der Waals surface area (Å²) in [6, 6.07) is 7.05. The molecule has 0 saturated carbocycles. The maximum atomic E-state index is 12.8. The van der Waals surface area contributed by atoms with Crippen LogP contribution in [0.4, 0.5) is 18.9 Å². The first-order valence-corrected chi connectivity index (χ1v) is 5.96. The molecule has 1 heterocycles. The molecule has 4 nitrogen and oxygen atoms in total. The van der Waals surface area contributed by atoms with Crippen LogP contribution in [-0.4, -0.2) is 10.9 Å². The number of aromatic amines is 1. The second-order valence-corrected chi connectivity index (χ2v) is 4.41. The Morgan fingerprint density at radius 3 is 2.48 bits per heavy atom. The van der Waals surface area contributed by atoms with Crippen LogP contribution in [0.5, 0.6) is 0 Å². The van der Waals surface area contributed by atoms with Gasteiger partial charge < -0.3 is 10.3 Å². The number of carbonyl (C=O) groups is 1. The molecule has 1 amide bonds. The standard InChI is InChI=1S/C14H11F3N2O2/c1-8-6-9(7-12(20)18-8)13(21)19-11-5-3-2-4-10(11)14(15,16)17/h2-7H,1H3,(H,18,20)(H,19,21). The number of pyridine rings is 1. The lowest BCUT2D eigenvalue weighted by Gasteiger charge is -2.13. The quantitative estimate of drug-likeness (QED) is 0.895. The van der Waals surface area contributed by atoms with Crippen LogP contribution in [0.2, 0.25) is 0 Å². The summed E-state index contributed by atoms with van der Waals surface area (Å²) < 4.78 is 38.5. The van der Waals surface area contributed by atoms with Gasteiger partial charge in [-0.3, -0.25) is 9.59 Å². The van der Waals surface area contributed by atoms with Crippen LogP contribution in [0.3, 0.4) is 0 Å². The lowest BCUT2D eigenvalue weighted by atomic mass is 10.1. The number of alkyl halides is 3. The molecule has 0 unspecified atom stereocenters. The summed E-state index contributed by atoms with van der Waals surface area (Å²) in [5, 5.41) is 2.18. The summed E-state index contributed by atoms with van der Waals surface area (Å²) in [6.07, 6.45) is -4.58. The van der Waals surface area contributed by atoms with Gasteiger partial charge in [-0.05, 0) is 25.1 Å². The molecule has 2 N–H and O–H groups in total. The van der Waals surface area contributed by atoms with E-state index in [1.165, 1.54) is 18.2 Å². The topological polar surface area (TPSA) is 62.0 Å². The zero-order chi connectivity index (χ0) is 15.6. The van der Waals surface area contributed by atoms with Crippen LogP contribution in [0.1, 0.15) is 21.6 Å². The number of para-hydroxylation sites is 1. The number of hydrogen-bond donors (Lipinski definition) is 2. The van der Waals surface area contributed by atoms with Crippen molar-refractivity contribution in [2.75, 3.05) is 5.32 Å². The molecular weight excluding hydrogens is 285 g/mol. The molecule has 2 rings (SSSR count). The van der Waals surface area contributed by atoms with E-state index in [2.05, 4.69) is 10.3 Å². The molecule has 0 bridgehead atoms. The molecule has 0 saturated heterocycles. The molecule has 1 aromatic heterocycles. The predicted molar refractivity (Wildman–Crippen MR) is 71.2 cm³/mol. The van der Waals surface area contributed by atoms with Crippen molar-refractivity contribution in [1.82, 2.24) is 4.98 Å². The number of aryl methyl sites for hydroxylation is 1. The van der Waals surface area contributed by atoms with Crippen molar-refractivity contribution < 1.29 is 18.0 Å². The minimum Gasteiger partial charge on any atom is -0.326 e. The van der Waals surface area contributed by atoms with Gasteiger partial charge in [0.25, 0.3) is 5.91 Å². The van der Waals surface area contributed by atoms with Crippen molar-refractivity contribution >= 4 is 11.6 Å². The molecule has 21 heavy (non-hydrogen) atoms. The van der Waals surface area contributed by atoms with E-state index in [4.69, 9.17) is 0 Å². The van der Waals surface area contributed by atoms with Crippen LogP contribution in [0.25, 0.3) is 0 Å². The number of benzene rings is 1. The SMILES string of the molecule is Cc1cc(C(=O)Nc2ccccc2C(F)(F)F)cc(=O)[nH]1. The number of nitrogens with one attached hydrogen (secondary N) is 2. The monoisotopic (exact) mass is 296 g/mol. The Balaban J connectivity index is 2.34. The van der Waals surface area contributed by atoms with Gasteiger partial charge in [0.1, 0.15) is 0 Å². The lowest BCUT2D eigenvalue weighted by molar-refractivity contribution is -0.136. The summed E-state index contributed by atoms with van der Waals surface area (Å²) in [4.78, 5) is 25.7. The number of hydrogen-bond acceptors (Lipinski definition) is 2. The highest BCUT2D eigenvalue weighted by Crippen LogP contribution is 2.34. The molecule has 0 aliphatic carbocycles. The predicted octanol–water partition coefficient (Wildman–Crippen LogP) is 2.95. The van der Waals surface area contributed by atoms with Gasteiger partial charge in [-0.25, -0.2) is 0 Å². The molecule has 0 aliphatic heterocycles. The zero-order valence-electron chi connectivity index (χ0n) is 10.9. The molecule has 1 aromatic carbocycles. The van der Waals surface area contributed by atoms with Crippen LogP contribution in [0.15, 0.2) is 41.2 Å². The van der Waals surface area contributed by atoms with Crippen molar-refractivity contribution in [1.29, 1.82) is 0 Å². The minimum absolute atomic E-state index is 0.00627. The number of rotatable bonds is 2. The van der Waals surface area contributed by atoms with Crippen molar-refractivity contribution in [3.05, 3.63) is 63.6 Å². The highest BCUT2D eigenvalue weighted by molar-refractivity contribution is 6.04. The molecule has 0 radical (unpaired) electrons. The summed E-state index contributed by atoms with van der Waals surface area (Å²) >= 11 is 0. The van der Waals surface area contributed by atoms with E-state index in [1.807, 2.05) is 0 Å². The molecule has 0 fully saturated rings. The normalized spacial score (nSPS) is 11.2. The Morgan fingerprint density at radius 2 is 1.86 bits per heavy atom. The first-order chi connectivity index (χ1) is 9.77. The Hall–Kier alpha value is -2.57. The highest BCUT2D eigenvalue weighted by Gasteiger charge is 2.33. The fraction of sp³-hybridized carbons (Fsp3) is 0.143. The fourth-order valence-electron chi connectivity index (χ4n) is 1.85. The molecule has 2 aromatic rings. The first kappa shape index (κ1) is 14.8. The Morgan fingerprint density at radius 1 is 1.19 bits per heavy atom. The summed E-state index contributed by atoms with van der Waals surface area (Å²) in [5.74, 6) is -0.777. The van der Waals surface area contributed by atoms with Gasteiger partial charge in [0.05, 0.1) is 11.3 Å². The summed E-state index contributed by atoms with van der Waals surface area (Å²) in [7, 11) is 0. The van der Waals surface area contributed by atoms with Gasteiger partial charge >= 0.3 is 6.18 Å².